The van der Waals surface area contributed by atoms with Gasteiger partial charge >= 0.3 is 0 Å². The predicted molar refractivity (Wildman–Crippen MR) is 57.6 cm³/mol. The van der Waals surface area contributed by atoms with Crippen LogP contribution in [0.4, 0.5) is 0 Å². The number of hydrogen-bond acceptors (Lipinski definition) is 2. The van der Waals surface area contributed by atoms with Crippen LogP contribution in [0.1, 0.15) is 52.9 Å². The minimum absolute atomic E-state index is 0.0540. The van der Waals surface area contributed by atoms with Crippen molar-refractivity contribution >= 4 is 0 Å². The van der Waals surface area contributed by atoms with Crippen LogP contribution in [-0.2, 0) is 0 Å². The Hall–Kier alpha value is -0.0800. The number of unbranched alkanes of at least 4 members (excludes halogenated alkanes) is 3. The average molecular weight is 187 g/mol. The maximum absolute atomic E-state index is 9.66. The third kappa shape index (κ3) is 6.05. The van der Waals surface area contributed by atoms with Crippen molar-refractivity contribution < 1.29 is 5.11 Å². The summed E-state index contributed by atoms with van der Waals surface area (Å²) in [5.41, 5.74) is 5.82. The molecule has 0 amide bonds. The Labute approximate surface area is 82.5 Å². The number of rotatable bonds is 7. The van der Waals surface area contributed by atoms with Crippen LogP contribution in [0.15, 0.2) is 0 Å². The molecule has 0 fully saturated rings. The molecular formula is C11H25NO. The van der Waals surface area contributed by atoms with Gasteiger partial charge in [-0.25, -0.2) is 0 Å². The van der Waals surface area contributed by atoms with Crippen molar-refractivity contribution in [2.75, 3.05) is 0 Å². The van der Waals surface area contributed by atoms with E-state index >= 15 is 0 Å². The van der Waals surface area contributed by atoms with Crippen molar-refractivity contribution in [1.82, 2.24) is 0 Å². The van der Waals surface area contributed by atoms with Gasteiger partial charge in [0.15, 0.2) is 0 Å². The zero-order valence-electron chi connectivity index (χ0n) is 9.29. The highest BCUT2D eigenvalue weighted by Crippen LogP contribution is 2.11. The van der Waals surface area contributed by atoms with Gasteiger partial charge in [0.1, 0.15) is 0 Å². The second-order valence-electron chi connectivity index (χ2n) is 4.24. The van der Waals surface area contributed by atoms with Gasteiger partial charge in [-0.3, -0.25) is 0 Å². The van der Waals surface area contributed by atoms with Crippen LogP contribution in [0.5, 0.6) is 0 Å². The highest BCUT2D eigenvalue weighted by molar-refractivity contribution is 4.74. The van der Waals surface area contributed by atoms with Crippen LogP contribution in [0, 0.1) is 5.92 Å². The van der Waals surface area contributed by atoms with Gasteiger partial charge < -0.3 is 10.8 Å². The van der Waals surface area contributed by atoms with Crippen LogP contribution < -0.4 is 5.73 Å². The molecule has 0 rings (SSSR count). The van der Waals surface area contributed by atoms with Crippen molar-refractivity contribution in [3.63, 3.8) is 0 Å². The lowest BCUT2D eigenvalue weighted by atomic mass is 9.95. The molecule has 0 aromatic carbocycles. The minimum Gasteiger partial charge on any atom is -0.392 e. The monoisotopic (exact) mass is 187 g/mol. The molecule has 0 aromatic rings. The molecule has 2 heteroatoms. The van der Waals surface area contributed by atoms with Gasteiger partial charge in [-0.1, -0.05) is 46.5 Å². The van der Waals surface area contributed by atoms with Crippen LogP contribution in [0.25, 0.3) is 0 Å². The van der Waals surface area contributed by atoms with Gasteiger partial charge in [0.25, 0.3) is 0 Å². The molecule has 0 bridgehead atoms. The molecule has 80 valence electrons. The Morgan fingerprint density at radius 2 is 1.77 bits per heavy atom. The third-order valence-electron chi connectivity index (χ3n) is 2.57. The van der Waals surface area contributed by atoms with Crippen LogP contribution in [0.3, 0.4) is 0 Å². The van der Waals surface area contributed by atoms with Crippen LogP contribution in [-0.4, -0.2) is 17.3 Å². The first-order chi connectivity index (χ1) is 6.09. The fraction of sp³-hybridized carbons (Fsp3) is 1.00. The molecule has 0 aromatic heterocycles. The summed E-state index contributed by atoms with van der Waals surface area (Å²) in [6.07, 6.45) is 5.39. The van der Waals surface area contributed by atoms with E-state index in [1.165, 1.54) is 19.3 Å². The number of aliphatic hydroxyl groups is 1. The van der Waals surface area contributed by atoms with E-state index in [0.717, 1.165) is 12.8 Å². The molecule has 0 saturated carbocycles. The summed E-state index contributed by atoms with van der Waals surface area (Å²) in [7, 11) is 0. The lowest BCUT2D eigenvalue weighted by Crippen LogP contribution is -2.39. The summed E-state index contributed by atoms with van der Waals surface area (Å²) in [6.45, 7) is 6.30. The standard InChI is InChI=1S/C11H25NO/c1-4-5-6-7-8-10(13)11(12)9(2)3/h9-11,13H,4-8,12H2,1-3H3. The van der Waals surface area contributed by atoms with E-state index in [1.54, 1.807) is 0 Å². The van der Waals surface area contributed by atoms with Crippen molar-refractivity contribution in [1.29, 1.82) is 0 Å². The van der Waals surface area contributed by atoms with Crippen molar-refractivity contribution in [3.8, 4) is 0 Å². The van der Waals surface area contributed by atoms with E-state index in [-0.39, 0.29) is 12.1 Å². The molecule has 3 N–H and O–H groups in total. The maximum Gasteiger partial charge on any atom is 0.0693 e. The van der Waals surface area contributed by atoms with Gasteiger partial charge in [0.05, 0.1) is 6.10 Å². The first-order valence-corrected chi connectivity index (χ1v) is 5.53. The van der Waals surface area contributed by atoms with Crippen LogP contribution in [0.2, 0.25) is 0 Å². The summed E-state index contributed by atoms with van der Waals surface area (Å²) >= 11 is 0. The Morgan fingerprint density at radius 1 is 1.15 bits per heavy atom. The molecular weight excluding hydrogens is 162 g/mol. The molecule has 0 heterocycles. The van der Waals surface area contributed by atoms with Gasteiger partial charge in [0.2, 0.25) is 0 Å². The maximum atomic E-state index is 9.66. The Balaban J connectivity index is 3.44. The van der Waals surface area contributed by atoms with E-state index in [2.05, 4.69) is 20.8 Å². The lowest BCUT2D eigenvalue weighted by Gasteiger charge is -2.21. The molecule has 0 aliphatic heterocycles. The van der Waals surface area contributed by atoms with Crippen LogP contribution >= 0.6 is 0 Å². The molecule has 13 heavy (non-hydrogen) atoms. The molecule has 2 nitrogen and oxygen atoms in total. The third-order valence-corrected chi connectivity index (χ3v) is 2.57. The first-order valence-electron chi connectivity index (χ1n) is 5.53. The van der Waals surface area contributed by atoms with Crippen molar-refractivity contribution in [3.05, 3.63) is 0 Å². The fourth-order valence-corrected chi connectivity index (χ4v) is 1.42. The molecule has 0 saturated heterocycles. The highest BCUT2D eigenvalue weighted by Gasteiger charge is 2.17. The van der Waals surface area contributed by atoms with Crippen molar-refractivity contribution in [2.24, 2.45) is 11.7 Å². The van der Waals surface area contributed by atoms with E-state index in [1.807, 2.05) is 0 Å². The highest BCUT2D eigenvalue weighted by atomic mass is 16.3. The quantitative estimate of drug-likeness (QED) is 0.601. The number of aliphatic hydroxyl groups excluding tert-OH is 1. The van der Waals surface area contributed by atoms with E-state index in [9.17, 15) is 5.11 Å². The molecule has 0 aliphatic rings. The smallest absolute Gasteiger partial charge is 0.0693 e. The predicted octanol–water partition coefficient (Wildman–Crippen LogP) is 2.30. The molecule has 0 radical (unpaired) electrons. The summed E-state index contributed by atoms with van der Waals surface area (Å²) in [5.74, 6) is 0.376. The summed E-state index contributed by atoms with van der Waals surface area (Å²) in [4.78, 5) is 0. The van der Waals surface area contributed by atoms with Gasteiger partial charge in [-0.05, 0) is 12.3 Å². The molecule has 2 atom stereocenters. The second-order valence-corrected chi connectivity index (χ2v) is 4.24. The largest absolute Gasteiger partial charge is 0.392 e. The Kier molecular flexibility index (Phi) is 7.29. The summed E-state index contributed by atoms with van der Waals surface area (Å²) in [6, 6.07) is -0.0540. The molecule has 0 aliphatic carbocycles. The Bertz CT molecular complexity index is 115. The summed E-state index contributed by atoms with van der Waals surface area (Å²) in [5, 5.41) is 9.66. The summed E-state index contributed by atoms with van der Waals surface area (Å²) < 4.78 is 0. The Morgan fingerprint density at radius 3 is 2.23 bits per heavy atom. The van der Waals surface area contributed by atoms with Gasteiger partial charge in [-0.15, -0.1) is 0 Å². The van der Waals surface area contributed by atoms with Gasteiger partial charge in [0, 0.05) is 6.04 Å². The van der Waals surface area contributed by atoms with E-state index in [0.29, 0.717) is 5.92 Å². The normalized spacial score (nSPS) is 16.2. The van der Waals surface area contributed by atoms with E-state index < -0.39 is 0 Å². The topological polar surface area (TPSA) is 46.2 Å². The minimum atomic E-state index is -0.308. The fourth-order valence-electron chi connectivity index (χ4n) is 1.42. The molecule has 2 unspecified atom stereocenters. The van der Waals surface area contributed by atoms with Gasteiger partial charge in [-0.2, -0.15) is 0 Å². The average Bonchev–Trinajstić information content (AvgIpc) is 2.10. The zero-order chi connectivity index (χ0) is 10.3. The molecule has 0 spiro atoms. The SMILES string of the molecule is CCCCCCC(O)C(N)C(C)C. The number of nitrogens with two attached hydrogens (primary N) is 1. The first kappa shape index (κ1) is 12.9. The number of hydrogen-bond donors (Lipinski definition) is 2. The second kappa shape index (κ2) is 7.34. The zero-order valence-corrected chi connectivity index (χ0v) is 9.29. The van der Waals surface area contributed by atoms with Crippen molar-refractivity contribution in [2.45, 2.75) is 65.0 Å². The lowest BCUT2D eigenvalue weighted by molar-refractivity contribution is 0.113. The van der Waals surface area contributed by atoms with E-state index in [4.69, 9.17) is 5.73 Å².